The first kappa shape index (κ1) is 16.0. The van der Waals surface area contributed by atoms with Crippen LogP contribution in [0.2, 0.25) is 0 Å². The molecule has 0 radical (unpaired) electrons. The van der Waals surface area contributed by atoms with E-state index in [0.717, 1.165) is 36.8 Å². The number of aromatic amines is 1. The van der Waals surface area contributed by atoms with Crippen molar-refractivity contribution in [1.29, 1.82) is 0 Å². The van der Waals surface area contributed by atoms with Gasteiger partial charge in [-0.25, -0.2) is 15.0 Å². The van der Waals surface area contributed by atoms with Crippen LogP contribution in [0.4, 0.5) is 0 Å². The third-order valence-electron chi connectivity index (χ3n) is 5.07. The highest BCUT2D eigenvalue weighted by molar-refractivity contribution is 5.40. The maximum absolute atomic E-state index is 5.27. The van der Waals surface area contributed by atoms with E-state index < -0.39 is 0 Å². The number of nitrogens with zero attached hydrogens (tertiary/aromatic N) is 3. The fourth-order valence-corrected chi connectivity index (χ4v) is 3.31. The molecule has 25 heavy (non-hydrogen) atoms. The van der Waals surface area contributed by atoms with Crippen LogP contribution in [-0.4, -0.2) is 33.1 Å². The van der Waals surface area contributed by atoms with Crippen molar-refractivity contribution in [3.63, 3.8) is 0 Å². The normalized spacial score (nSPS) is 15.8. The van der Waals surface area contributed by atoms with Crippen molar-refractivity contribution in [1.82, 2.24) is 19.9 Å². The molecule has 4 rings (SSSR count). The van der Waals surface area contributed by atoms with Gasteiger partial charge >= 0.3 is 0 Å². The summed E-state index contributed by atoms with van der Waals surface area (Å²) in [7, 11) is 0. The van der Waals surface area contributed by atoms with E-state index in [0.29, 0.717) is 5.92 Å². The first-order valence-corrected chi connectivity index (χ1v) is 8.66. The first-order chi connectivity index (χ1) is 12.2. The summed E-state index contributed by atoms with van der Waals surface area (Å²) < 4.78 is 5.27. The molecule has 3 heterocycles. The number of aromatic nitrogens is 4. The molecule has 3 aromatic rings. The van der Waals surface area contributed by atoms with Gasteiger partial charge in [0, 0.05) is 36.1 Å². The minimum atomic E-state index is 0.197. The Morgan fingerprint density at radius 2 is 2.12 bits per heavy atom. The van der Waals surface area contributed by atoms with Gasteiger partial charge in [0.2, 0.25) is 0 Å². The molecule has 1 unspecified atom stereocenters. The Labute approximate surface area is 147 Å². The minimum absolute atomic E-state index is 0.197. The number of hydrogen-bond donors (Lipinski definition) is 1. The molecule has 0 amide bonds. The van der Waals surface area contributed by atoms with Crippen molar-refractivity contribution in [2.24, 2.45) is 0 Å². The molecule has 1 aliphatic rings. The number of aryl methyl sites for hydroxylation is 1. The zero-order valence-electron chi connectivity index (χ0n) is 14.6. The molecule has 1 fully saturated rings. The van der Waals surface area contributed by atoms with Gasteiger partial charge in [0.05, 0.1) is 25.5 Å². The quantitative estimate of drug-likeness (QED) is 0.777. The van der Waals surface area contributed by atoms with Gasteiger partial charge in [-0.05, 0) is 36.6 Å². The average Bonchev–Trinajstić information content (AvgIpc) is 3.09. The molecule has 2 aromatic heterocycles. The average molecular weight is 334 g/mol. The van der Waals surface area contributed by atoms with Crippen LogP contribution >= 0.6 is 0 Å². The Morgan fingerprint density at radius 3 is 2.84 bits per heavy atom. The van der Waals surface area contributed by atoms with Crippen LogP contribution in [0.5, 0.6) is 0 Å². The van der Waals surface area contributed by atoms with Gasteiger partial charge in [0.25, 0.3) is 0 Å². The SMILES string of the molecule is Cc1cccc(C(Cc2ccnc(C3COC3)n2)c2cnc[nH]2)c1C. The number of H-pyrrole nitrogens is 1. The number of ether oxygens (including phenoxy) is 1. The number of imidazole rings is 1. The fourth-order valence-electron chi connectivity index (χ4n) is 3.31. The Hall–Kier alpha value is -2.53. The predicted octanol–water partition coefficient (Wildman–Crippen LogP) is 3.30. The summed E-state index contributed by atoms with van der Waals surface area (Å²) in [5.41, 5.74) is 6.11. The van der Waals surface area contributed by atoms with E-state index in [-0.39, 0.29) is 5.92 Å². The van der Waals surface area contributed by atoms with Crippen molar-refractivity contribution in [2.45, 2.75) is 32.1 Å². The summed E-state index contributed by atoms with van der Waals surface area (Å²) in [5.74, 6) is 1.43. The van der Waals surface area contributed by atoms with Crippen molar-refractivity contribution in [3.05, 3.63) is 76.9 Å². The second-order valence-corrected chi connectivity index (χ2v) is 6.69. The second kappa shape index (κ2) is 6.76. The van der Waals surface area contributed by atoms with Gasteiger partial charge in [0.1, 0.15) is 5.82 Å². The van der Waals surface area contributed by atoms with Gasteiger partial charge in [-0.3, -0.25) is 0 Å². The van der Waals surface area contributed by atoms with Crippen LogP contribution in [0.3, 0.4) is 0 Å². The van der Waals surface area contributed by atoms with Crippen LogP contribution in [0, 0.1) is 13.8 Å². The standard InChI is InChI=1S/C20H22N4O/c1-13-4-3-5-17(14(13)2)18(19-9-21-12-23-19)8-16-6-7-22-20(24-16)15-10-25-11-15/h3-7,9,12,15,18H,8,10-11H2,1-2H3,(H,21,23). The lowest BCUT2D eigenvalue weighted by atomic mass is 9.87. The number of rotatable bonds is 5. The molecule has 0 saturated carbocycles. The molecule has 1 aromatic carbocycles. The molecule has 0 spiro atoms. The molecule has 5 heteroatoms. The van der Waals surface area contributed by atoms with E-state index in [2.05, 4.69) is 47.0 Å². The third-order valence-corrected chi connectivity index (χ3v) is 5.07. The van der Waals surface area contributed by atoms with Crippen molar-refractivity contribution >= 4 is 0 Å². The van der Waals surface area contributed by atoms with Gasteiger partial charge < -0.3 is 9.72 Å². The summed E-state index contributed by atoms with van der Waals surface area (Å²) in [6.07, 6.45) is 6.33. The molecular weight excluding hydrogens is 312 g/mol. The highest BCUT2D eigenvalue weighted by Gasteiger charge is 2.25. The lowest BCUT2D eigenvalue weighted by Gasteiger charge is -2.25. The molecule has 1 atom stereocenters. The molecule has 1 aliphatic heterocycles. The Morgan fingerprint density at radius 1 is 1.24 bits per heavy atom. The fraction of sp³-hybridized carbons (Fsp3) is 0.350. The minimum Gasteiger partial charge on any atom is -0.380 e. The molecule has 1 N–H and O–H groups in total. The monoisotopic (exact) mass is 334 g/mol. The second-order valence-electron chi connectivity index (χ2n) is 6.69. The highest BCUT2D eigenvalue weighted by Crippen LogP contribution is 2.30. The molecule has 1 saturated heterocycles. The Kier molecular flexibility index (Phi) is 4.32. The zero-order valence-corrected chi connectivity index (χ0v) is 14.6. The van der Waals surface area contributed by atoms with Gasteiger partial charge in [-0.2, -0.15) is 0 Å². The Bertz CT molecular complexity index is 856. The van der Waals surface area contributed by atoms with E-state index in [4.69, 9.17) is 9.72 Å². The van der Waals surface area contributed by atoms with E-state index in [1.165, 1.54) is 16.7 Å². The molecule has 128 valence electrons. The van der Waals surface area contributed by atoms with Crippen molar-refractivity contribution < 1.29 is 4.74 Å². The molecule has 5 nitrogen and oxygen atoms in total. The van der Waals surface area contributed by atoms with Gasteiger partial charge in [-0.1, -0.05) is 18.2 Å². The molecule has 0 aliphatic carbocycles. The molecule has 0 bridgehead atoms. The van der Waals surface area contributed by atoms with E-state index in [9.17, 15) is 0 Å². The van der Waals surface area contributed by atoms with Crippen LogP contribution in [0.15, 0.2) is 43.0 Å². The predicted molar refractivity (Wildman–Crippen MR) is 95.6 cm³/mol. The van der Waals surface area contributed by atoms with Gasteiger partial charge in [-0.15, -0.1) is 0 Å². The lowest BCUT2D eigenvalue weighted by Crippen LogP contribution is -2.27. The number of nitrogens with one attached hydrogen (secondary N) is 1. The number of hydrogen-bond acceptors (Lipinski definition) is 4. The van der Waals surface area contributed by atoms with Crippen LogP contribution in [0.1, 0.15) is 45.7 Å². The third kappa shape index (κ3) is 3.20. The maximum Gasteiger partial charge on any atom is 0.136 e. The Balaban J connectivity index is 1.69. The summed E-state index contributed by atoms with van der Waals surface area (Å²) in [6.45, 7) is 5.79. The lowest BCUT2D eigenvalue weighted by molar-refractivity contribution is 0.00476. The van der Waals surface area contributed by atoms with Crippen LogP contribution in [0.25, 0.3) is 0 Å². The van der Waals surface area contributed by atoms with E-state index in [1.54, 1.807) is 6.33 Å². The summed E-state index contributed by atoms with van der Waals surface area (Å²) in [4.78, 5) is 16.7. The summed E-state index contributed by atoms with van der Waals surface area (Å²) >= 11 is 0. The summed E-state index contributed by atoms with van der Waals surface area (Å²) in [5, 5.41) is 0. The topological polar surface area (TPSA) is 63.7 Å². The maximum atomic E-state index is 5.27. The zero-order chi connectivity index (χ0) is 17.2. The van der Waals surface area contributed by atoms with Crippen LogP contribution < -0.4 is 0 Å². The van der Waals surface area contributed by atoms with E-state index in [1.807, 2.05) is 18.5 Å². The largest absolute Gasteiger partial charge is 0.380 e. The highest BCUT2D eigenvalue weighted by atomic mass is 16.5. The van der Waals surface area contributed by atoms with Crippen molar-refractivity contribution in [3.8, 4) is 0 Å². The first-order valence-electron chi connectivity index (χ1n) is 8.66. The number of benzene rings is 1. The molecular formula is C20H22N4O. The van der Waals surface area contributed by atoms with E-state index >= 15 is 0 Å². The van der Waals surface area contributed by atoms with Gasteiger partial charge in [0.15, 0.2) is 0 Å². The smallest absolute Gasteiger partial charge is 0.136 e. The van der Waals surface area contributed by atoms with Crippen LogP contribution in [-0.2, 0) is 11.2 Å². The van der Waals surface area contributed by atoms with Crippen molar-refractivity contribution in [2.75, 3.05) is 13.2 Å². The summed E-state index contributed by atoms with van der Waals surface area (Å²) in [6, 6.07) is 8.49.